The van der Waals surface area contributed by atoms with Crippen molar-refractivity contribution in [3.8, 4) is 0 Å². The second-order valence-electron chi connectivity index (χ2n) is 4.75. The molecule has 0 N–H and O–H groups in total. The molecule has 0 unspecified atom stereocenters. The van der Waals surface area contributed by atoms with Gasteiger partial charge in [-0.1, -0.05) is 0 Å². The Morgan fingerprint density at radius 2 is 1.47 bits per heavy atom. The molecule has 0 radical (unpaired) electrons. The molecule has 19 heavy (non-hydrogen) atoms. The molecule has 4 heteroatoms. The highest BCUT2D eigenvalue weighted by Crippen LogP contribution is 2.20. The lowest BCUT2D eigenvalue weighted by Gasteiger charge is -2.11. The Bertz CT molecular complexity index is 586. The van der Waals surface area contributed by atoms with Crippen molar-refractivity contribution in [1.82, 2.24) is 0 Å². The molecule has 2 rings (SSSR count). The van der Waals surface area contributed by atoms with Gasteiger partial charge in [0.15, 0.2) is 11.9 Å². The van der Waals surface area contributed by atoms with Crippen molar-refractivity contribution >= 4 is 17.1 Å². The summed E-state index contributed by atoms with van der Waals surface area (Å²) in [6.07, 6.45) is 1.97. The Kier molecular flexibility index (Phi) is 3.90. The Labute approximate surface area is 114 Å². The maximum atomic E-state index is 4.24. The number of aromatic nitrogens is 1. The topological polar surface area (TPSA) is 31.8 Å². The highest BCUT2D eigenvalue weighted by atomic mass is 15.1. The number of hydrogen-bond donors (Lipinski definition) is 0. The van der Waals surface area contributed by atoms with E-state index in [0.717, 1.165) is 17.1 Å². The molecule has 0 atom stereocenters. The second-order valence-corrected chi connectivity index (χ2v) is 4.75. The van der Waals surface area contributed by atoms with Gasteiger partial charge in [0, 0.05) is 32.8 Å². The molecule has 4 nitrogen and oxygen atoms in total. The fraction of sp³-hybridized carbons (Fsp3) is 0.267. The third-order valence-corrected chi connectivity index (χ3v) is 3.02. The molecule has 1 aromatic carbocycles. The molecule has 1 heterocycles. The van der Waals surface area contributed by atoms with E-state index >= 15 is 0 Å². The first-order valence-corrected chi connectivity index (χ1v) is 6.21. The molecule has 0 spiro atoms. The molecule has 98 valence electrons. The van der Waals surface area contributed by atoms with Gasteiger partial charge in [-0.3, -0.25) is 0 Å². The molecular weight excluding hydrogens is 236 g/mol. The Hall–Kier alpha value is -2.23. The highest BCUT2D eigenvalue weighted by Gasteiger charge is 2.01. The quantitative estimate of drug-likeness (QED) is 0.611. The van der Waals surface area contributed by atoms with E-state index in [2.05, 4.69) is 22.1 Å². The van der Waals surface area contributed by atoms with Crippen molar-refractivity contribution in [2.24, 2.45) is 17.3 Å². The minimum Gasteiger partial charge on any atom is -0.378 e. The maximum Gasteiger partial charge on any atom is 0.196 e. The zero-order chi connectivity index (χ0) is 13.8. The fourth-order valence-corrected chi connectivity index (χ4v) is 1.66. The van der Waals surface area contributed by atoms with Crippen LogP contribution in [-0.2, 0) is 7.05 Å². The minimum absolute atomic E-state index is 0.852. The monoisotopic (exact) mass is 255 g/mol. The Morgan fingerprint density at radius 1 is 0.895 bits per heavy atom. The average Bonchev–Trinajstić information content (AvgIpc) is 2.40. The van der Waals surface area contributed by atoms with Crippen LogP contribution in [0.15, 0.2) is 52.8 Å². The molecule has 0 aliphatic rings. The third-order valence-electron chi connectivity index (χ3n) is 3.02. The van der Waals surface area contributed by atoms with Crippen LogP contribution in [0.1, 0.15) is 5.69 Å². The summed E-state index contributed by atoms with van der Waals surface area (Å²) >= 11 is 0. The molecule has 0 saturated carbocycles. The molecular formula is C15H19N4+. The number of anilines is 1. The van der Waals surface area contributed by atoms with E-state index in [1.54, 1.807) is 0 Å². The SMILES string of the molecule is Cc1ccc(N=Nc2ccc(N(C)C)cc2)c[n+]1C. The molecule has 0 amide bonds. The fourth-order valence-electron chi connectivity index (χ4n) is 1.66. The smallest absolute Gasteiger partial charge is 0.196 e. The lowest BCUT2D eigenvalue weighted by atomic mass is 10.3. The summed E-state index contributed by atoms with van der Waals surface area (Å²) in [5.74, 6) is 0. The van der Waals surface area contributed by atoms with E-state index in [-0.39, 0.29) is 0 Å². The van der Waals surface area contributed by atoms with E-state index in [4.69, 9.17) is 0 Å². The van der Waals surface area contributed by atoms with Gasteiger partial charge in [-0.05, 0) is 30.3 Å². The standard InChI is InChI=1S/C15H19N4/c1-12-5-6-14(11-19(12)4)17-16-13-7-9-15(10-8-13)18(2)3/h5-11H,1-4H3/q+1. The summed E-state index contributed by atoms with van der Waals surface area (Å²) in [6, 6.07) is 12.0. The maximum absolute atomic E-state index is 4.24. The number of aryl methyl sites for hydroxylation is 2. The van der Waals surface area contributed by atoms with E-state index in [9.17, 15) is 0 Å². The third kappa shape index (κ3) is 3.37. The highest BCUT2D eigenvalue weighted by molar-refractivity contribution is 5.51. The van der Waals surface area contributed by atoms with E-state index in [0.29, 0.717) is 0 Å². The predicted octanol–water partition coefficient (Wildman–Crippen LogP) is 3.30. The zero-order valence-electron chi connectivity index (χ0n) is 11.8. The number of azo groups is 1. The lowest BCUT2D eigenvalue weighted by Crippen LogP contribution is -2.30. The lowest BCUT2D eigenvalue weighted by molar-refractivity contribution is -0.677. The summed E-state index contributed by atoms with van der Waals surface area (Å²) in [6.45, 7) is 2.06. The van der Waals surface area contributed by atoms with Crippen molar-refractivity contribution in [3.05, 3.63) is 48.3 Å². The van der Waals surface area contributed by atoms with Crippen LogP contribution < -0.4 is 9.47 Å². The van der Waals surface area contributed by atoms with Gasteiger partial charge >= 0.3 is 0 Å². The van der Waals surface area contributed by atoms with Gasteiger partial charge in [0.05, 0.1) is 5.69 Å². The molecule has 1 aromatic heterocycles. The Balaban J connectivity index is 2.15. The number of hydrogen-bond acceptors (Lipinski definition) is 3. The van der Waals surface area contributed by atoms with Crippen molar-refractivity contribution in [2.75, 3.05) is 19.0 Å². The van der Waals surface area contributed by atoms with E-state index < -0.39 is 0 Å². The van der Waals surface area contributed by atoms with Crippen molar-refractivity contribution in [2.45, 2.75) is 6.92 Å². The van der Waals surface area contributed by atoms with Crippen LogP contribution in [0.4, 0.5) is 17.1 Å². The van der Waals surface area contributed by atoms with Crippen molar-refractivity contribution < 1.29 is 4.57 Å². The van der Waals surface area contributed by atoms with Gasteiger partial charge in [0.25, 0.3) is 0 Å². The minimum atomic E-state index is 0.852. The van der Waals surface area contributed by atoms with Gasteiger partial charge in [-0.15, -0.1) is 5.11 Å². The van der Waals surface area contributed by atoms with Gasteiger partial charge in [0.2, 0.25) is 0 Å². The van der Waals surface area contributed by atoms with Gasteiger partial charge < -0.3 is 4.90 Å². The second kappa shape index (κ2) is 5.61. The molecule has 0 aliphatic heterocycles. The summed E-state index contributed by atoms with van der Waals surface area (Å²) in [5.41, 5.74) is 4.05. The summed E-state index contributed by atoms with van der Waals surface area (Å²) in [4.78, 5) is 2.06. The van der Waals surface area contributed by atoms with Crippen molar-refractivity contribution in [3.63, 3.8) is 0 Å². The van der Waals surface area contributed by atoms with Gasteiger partial charge in [-0.25, -0.2) is 4.57 Å². The van der Waals surface area contributed by atoms with Crippen LogP contribution in [0, 0.1) is 6.92 Å². The number of pyridine rings is 1. The number of rotatable bonds is 3. The van der Waals surface area contributed by atoms with Crippen molar-refractivity contribution in [1.29, 1.82) is 0 Å². The van der Waals surface area contributed by atoms with Crippen LogP contribution in [0.2, 0.25) is 0 Å². The molecule has 0 bridgehead atoms. The first kappa shape index (κ1) is 13.2. The van der Waals surface area contributed by atoms with Crippen LogP contribution in [-0.4, -0.2) is 14.1 Å². The van der Waals surface area contributed by atoms with E-state index in [1.807, 2.05) is 68.3 Å². The van der Waals surface area contributed by atoms with Crippen LogP contribution in [0.25, 0.3) is 0 Å². The summed E-state index contributed by atoms with van der Waals surface area (Å²) in [7, 11) is 6.03. The molecule has 0 fully saturated rings. The first-order chi connectivity index (χ1) is 9.06. The molecule has 0 saturated heterocycles. The van der Waals surface area contributed by atoms with Gasteiger partial charge in [0.1, 0.15) is 12.7 Å². The van der Waals surface area contributed by atoms with Gasteiger partial charge in [-0.2, -0.15) is 5.11 Å². The van der Waals surface area contributed by atoms with E-state index in [1.165, 1.54) is 5.69 Å². The average molecular weight is 255 g/mol. The van der Waals surface area contributed by atoms with Crippen LogP contribution in [0.3, 0.4) is 0 Å². The first-order valence-electron chi connectivity index (χ1n) is 6.21. The largest absolute Gasteiger partial charge is 0.378 e. The molecule has 0 aliphatic carbocycles. The number of nitrogens with zero attached hydrogens (tertiary/aromatic N) is 4. The normalized spacial score (nSPS) is 10.9. The summed E-state index contributed by atoms with van der Waals surface area (Å²) < 4.78 is 2.03. The number of benzene rings is 1. The summed E-state index contributed by atoms with van der Waals surface area (Å²) in [5, 5.41) is 8.48. The Morgan fingerprint density at radius 3 is 2.05 bits per heavy atom. The molecule has 2 aromatic rings. The zero-order valence-corrected chi connectivity index (χ0v) is 11.8. The van der Waals surface area contributed by atoms with Crippen LogP contribution >= 0.6 is 0 Å². The van der Waals surface area contributed by atoms with Crippen LogP contribution in [0.5, 0.6) is 0 Å². The predicted molar refractivity (Wildman–Crippen MR) is 77.3 cm³/mol.